The number of piperazine rings is 1. The Balaban J connectivity index is 1.47. The lowest BCUT2D eigenvalue weighted by Gasteiger charge is -2.35. The van der Waals surface area contributed by atoms with Crippen LogP contribution in [0.5, 0.6) is 0 Å². The van der Waals surface area contributed by atoms with Crippen LogP contribution in [0, 0.1) is 0 Å². The van der Waals surface area contributed by atoms with E-state index in [4.69, 9.17) is 5.73 Å². The lowest BCUT2D eigenvalue weighted by molar-refractivity contribution is 0.249. The van der Waals surface area contributed by atoms with Gasteiger partial charge < -0.3 is 10.6 Å². The van der Waals surface area contributed by atoms with E-state index < -0.39 is 0 Å². The SMILES string of the molecule is Nc1nc(N2CCN(Cc3cccnc3)CC2)c2ncsc2n1. The zero-order valence-corrected chi connectivity index (χ0v) is 13.4. The Hall–Kier alpha value is -2.32. The number of nitrogens with two attached hydrogens (primary N) is 1. The average molecular weight is 327 g/mol. The molecule has 0 atom stereocenters. The highest BCUT2D eigenvalue weighted by Gasteiger charge is 2.21. The van der Waals surface area contributed by atoms with E-state index in [1.165, 1.54) is 16.9 Å². The molecule has 0 radical (unpaired) electrons. The van der Waals surface area contributed by atoms with Crippen molar-refractivity contribution in [3.63, 3.8) is 0 Å². The van der Waals surface area contributed by atoms with Crippen LogP contribution in [-0.4, -0.2) is 51.0 Å². The molecule has 23 heavy (non-hydrogen) atoms. The van der Waals surface area contributed by atoms with E-state index in [0.29, 0.717) is 5.95 Å². The van der Waals surface area contributed by atoms with Gasteiger partial charge in [0.05, 0.1) is 5.51 Å². The Kier molecular flexibility index (Phi) is 3.76. The van der Waals surface area contributed by atoms with E-state index in [1.54, 1.807) is 11.7 Å². The monoisotopic (exact) mass is 327 g/mol. The van der Waals surface area contributed by atoms with Crippen LogP contribution in [0.25, 0.3) is 10.3 Å². The van der Waals surface area contributed by atoms with E-state index in [0.717, 1.165) is 48.9 Å². The first-order chi connectivity index (χ1) is 11.3. The highest BCUT2D eigenvalue weighted by molar-refractivity contribution is 7.16. The molecule has 1 fully saturated rings. The minimum absolute atomic E-state index is 0.314. The summed E-state index contributed by atoms with van der Waals surface area (Å²) in [6, 6.07) is 4.09. The summed E-state index contributed by atoms with van der Waals surface area (Å²) in [6.07, 6.45) is 3.73. The molecule has 0 amide bonds. The lowest BCUT2D eigenvalue weighted by Crippen LogP contribution is -2.46. The van der Waals surface area contributed by atoms with Gasteiger partial charge in [-0.25, -0.2) is 9.97 Å². The van der Waals surface area contributed by atoms with Gasteiger partial charge in [-0.1, -0.05) is 6.07 Å². The summed E-state index contributed by atoms with van der Waals surface area (Å²) in [7, 11) is 0. The van der Waals surface area contributed by atoms with Crippen molar-refractivity contribution in [2.24, 2.45) is 0 Å². The molecule has 1 aliphatic heterocycles. The number of nitrogen functional groups attached to an aromatic ring is 1. The molecule has 1 aliphatic rings. The average Bonchev–Trinajstić information content (AvgIpc) is 3.04. The van der Waals surface area contributed by atoms with Crippen molar-refractivity contribution >= 4 is 33.5 Å². The number of thiazole rings is 1. The van der Waals surface area contributed by atoms with Gasteiger partial charge in [-0.3, -0.25) is 9.88 Å². The Morgan fingerprint density at radius 3 is 2.83 bits per heavy atom. The van der Waals surface area contributed by atoms with Gasteiger partial charge in [0.25, 0.3) is 0 Å². The molecular formula is C15H17N7S. The smallest absolute Gasteiger partial charge is 0.223 e. The molecular weight excluding hydrogens is 310 g/mol. The van der Waals surface area contributed by atoms with Crippen LogP contribution in [0.15, 0.2) is 30.0 Å². The van der Waals surface area contributed by atoms with Crippen molar-refractivity contribution in [1.82, 2.24) is 24.8 Å². The fourth-order valence-electron chi connectivity index (χ4n) is 2.85. The summed E-state index contributed by atoms with van der Waals surface area (Å²) in [5, 5.41) is 0. The van der Waals surface area contributed by atoms with Crippen LogP contribution in [0.4, 0.5) is 11.8 Å². The van der Waals surface area contributed by atoms with Gasteiger partial charge in [0.2, 0.25) is 5.95 Å². The number of nitrogens with zero attached hydrogens (tertiary/aromatic N) is 6. The summed E-state index contributed by atoms with van der Waals surface area (Å²) < 4.78 is 0. The Labute approximate surface area is 137 Å². The van der Waals surface area contributed by atoms with Gasteiger partial charge in [-0.05, 0) is 11.6 Å². The molecule has 1 saturated heterocycles. The Morgan fingerprint density at radius 1 is 1.17 bits per heavy atom. The van der Waals surface area contributed by atoms with Gasteiger partial charge in [0.1, 0.15) is 5.52 Å². The van der Waals surface area contributed by atoms with Gasteiger partial charge >= 0.3 is 0 Å². The molecule has 0 aliphatic carbocycles. The van der Waals surface area contributed by atoms with Gasteiger partial charge in [0.15, 0.2) is 10.6 Å². The molecule has 3 aromatic rings. The van der Waals surface area contributed by atoms with Crippen molar-refractivity contribution in [1.29, 1.82) is 0 Å². The minimum Gasteiger partial charge on any atom is -0.368 e. The first-order valence-electron chi connectivity index (χ1n) is 7.52. The van der Waals surface area contributed by atoms with Crippen LogP contribution in [0.2, 0.25) is 0 Å². The predicted molar refractivity (Wildman–Crippen MR) is 91.3 cm³/mol. The zero-order valence-electron chi connectivity index (χ0n) is 12.6. The number of hydrogen-bond acceptors (Lipinski definition) is 8. The van der Waals surface area contributed by atoms with Crippen LogP contribution in [0.3, 0.4) is 0 Å². The summed E-state index contributed by atoms with van der Waals surface area (Å²) >= 11 is 1.50. The number of pyridine rings is 1. The second-order valence-corrected chi connectivity index (χ2v) is 6.37. The number of aromatic nitrogens is 4. The third kappa shape index (κ3) is 2.95. The fourth-order valence-corrected chi connectivity index (χ4v) is 3.51. The van der Waals surface area contributed by atoms with Crippen molar-refractivity contribution in [3.8, 4) is 0 Å². The van der Waals surface area contributed by atoms with Crippen molar-refractivity contribution in [3.05, 3.63) is 35.6 Å². The van der Waals surface area contributed by atoms with Crippen molar-refractivity contribution < 1.29 is 0 Å². The zero-order chi connectivity index (χ0) is 15.6. The molecule has 0 bridgehead atoms. The topological polar surface area (TPSA) is 84.1 Å². The number of hydrogen-bond donors (Lipinski definition) is 1. The number of fused-ring (bicyclic) bond motifs is 1. The summed E-state index contributed by atoms with van der Waals surface area (Å²) in [5.41, 5.74) is 9.72. The highest BCUT2D eigenvalue weighted by atomic mass is 32.1. The normalized spacial score (nSPS) is 16.1. The first kappa shape index (κ1) is 14.3. The number of anilines is 2. The third-order valence-corrected chi connectivity index (χ3v) is 4.72. The van der Waals surface area contributed by atoms with Crippen LogP contribution in [-0.2, 0) is 6.54 Å². The van der Waals surface area contributed by atoms with E-state index in [2.05, 4.69) is 35.8 Å². The van der Waals surface area contributed by atoms with Gasteiger partial charge in [-0.15, -0.1) is 11.3 Å². The van der Waals surface area contributed by atoms with Crippen LogP contribution < -0.4 is 10.6 Å². The molecule has 8 heteroatoms. The largest absolute Gasteiger partial charge is 0.368 e. The predicted octanol–water partition coefficient (Wildman–Crippen LogP) is 1.39. The maximum atomic E-state index is 5.83. The van der Waals surface area contributed by atoms with E-state index in [1.807, 2.05) is 12.3 Å². The maximum absolute atomic E-state index is 5.83. The summed E-state index contributed by atoms with van der Waals surface area (Å²) in [5.74, 6) is 1.17. The summed E-state index contributed by atoms with van der Waals surface area (Å²) in [6.45, 7) is 4.70. The van der Waals surface area contributed by atoms with Gasteiger partial charge in [-0.2, -0.15) is 4.98 Å². The fraction of sp³-hybridized carbons (Fsp3) is 0.333. The molecule has 3 aromatic heterocycles. The number of rotatable bonds is 3. The minimum atomic E-state index is 0.314. The molecule has 7 nitrogen and oxygen atoms in total. The first-order valence-corrected chi connectivity index (χ1v) is 8.40. The van der Waals surface area contributed by atoms with Crippen molar-refractivity contribution in [2.45, 2.75) is 6.54 Å². The molecule has 0 aromatic carbocycles. The second-order valence-electron chi connectivity index (χ2n) is 5.54. The third-order valence-electron chi connectivity index (χ3n) is 4.00. The standard InChI is InChI=1S/C15H17N7S/c16-15-19-13(12-14(20-15)23-10-18-12)22-6-4-21(5-7-22)9-11-2-1-3-17-8-11/h1-3,8,10H,4-7,9H2,(H2,16,19,20). The van der Waals surface area contributed by atoms with E-state index in [9.17, 15) is 0 Å². The van der Waals surface area contributed by atoms with E-state index >= 15 is 0 Å². The Bertz CT molecular complexity index is 796. The molecule has 4 heterocycles. The molecule has 2 N–H and O–H groups in total. The van der Waals surface area contributed by atoms with Crippen LogP contribution in [0.1, 0.15) is 5.56 Å². The Morgan fingerprint density at radius 2 is 2.04 bits per heavy atom. The quantitative estimate of drug-likeness (QED) is 0.778. The molecule has 0 spiro atoms. The lowest BCUT2D eigenvalue weighted by atomic mass is 10.2. The molecule has 0 unspecified atom stereocenters. The second kappa shape index (κ2) is 6.05. The van der Waals surface area contributed by atoms with Crippen LogP contribution >= 0.6 is 11.3 Å². The molecule has 0 saturated carbocycles. The van der Waals surface area contributed by atoms with Crippen molar-refractivity contribution in [2.75, 3.05) is 36.8 Å². The van der Waals surface area contributed by atoms with E-state index in [-0.39, 0.29) is 0 Å². The maximum Gasteiger partial charge on any atom is 0.223 e. The summed E-state index contributed by atoms with van der Waals surface area (Å²) in [4.78, 5) is 22.8. The molecule has 4 rings (SSSR count). The van der Waals surface area contributed by atoms with Gasteiger partial charge in [0, 0.05) is 45.1 Å². The highest BCUT2D eigenvalue weighted by Crippen LogP contribution is 2.26. The molecule has 118 valence electrons.